The highest BCUT2D eigenvalue weighted by Gasteiger charge is 2.47. The molecular formula is C19H19ClN2O2. The smallest absolute Gasteiger partial charge is 0.228 e. The van der Waals surface area contributed by atoms with E-state index >= 15 is 0 Å². The van der Waals surface area contributed by atoms with Gasteiger partial charge in [0.25, 0.3) is 0 Å². The van der Waals surface area contributed by atoms with E-state index in [-0.39, 0.29) is 23.7 Å². The Morgan fingerprint density at radius 3 is 2.33 bits per heavy atom. The van der Waals surface area contributed by atoms with Gasteiger partial charge in [0.15, 0.2) is 0 Å². The minimum atomic E-state index is -0.222. The van der Waals surface area contributed by atoms with Crippen LogP contribution in [0.15, 0.2) is 54.6 Å². The van der Waals surface area contributed by atoms with Crippen LogP contribution >= 0.6 is 11.6 Å². The Bertz CT molecular complexity index is 716. The highest BCUT2D eigenvalue weighted by atomic mass is 35.5. The van der Waals surface area contributed by atoms with Crippen molar-refractivity contribution in [2.75, 3.05) is 11.9 Å². The molecule has 2 aromatic rings. The molecule has 4 nitrogen and oxygen atoms in total. The highest BCUT2D eigenvalue weighted by Crippen LogP contribution is 2.39. The van der Waals surface area contributed by atoms with Crippen molar-refractivity contribution in [3.8, 4) is 0 Å². The quantitative estimate of drug-likeness (QED) is 0.846. The maximum atomic E-state index is 12.1. The number of amides is 2. The molecule has 0 aliphatic heterocycles. The van der Waals surface area contributed by atoms with E-state index in [0.717, 1.165) is 17.7 Å². The molecule has 3 rings (SSSR count). The molecule has 24 heavy (non-hydrogen) atoms. The van der Waals surface area contributed by atoms with E-state index in [1.165, 1.54) is 0 Å². The van der Waals surface area contributed by atoms with Gasteiger partial charge in [0.05, 0.1) is 11.8 Å². The van der Waals surface area contributed by atoms with Gasteiger partial charge in [-0.15, -0.1) is 0 Å². The van der Waals surface area contributed by atoms with E-state index < -0.39 is 0 Å². The van der Waals surface area contributed by atoms with Gasteiger partial charge >= 0.3 is 0 Å². The van der Waals surface area contributed by atoms with Gasteiger partial charge in [0.1, 0.15) is 0 Å². The number of nitrogens with one attached hydrogen (secondary N) is 2. The van der Waals surface area contributed by atoms with Crippen molar-refractivity contribution in [3.63, 3.8) is 0 Å². The number of para-hydroxylation sites is 1. The first-order chi connectivity index (χ1) is 11.6. The van der Waals surface area contributed by atoms with Crippen LogP contribution in [0.4, 0.5) is 5.69 Å². The Morgan fingerprint density at radius 1 is 0.958 bits per heavy atom. The Morgan fingerprint density at radius 2 is 1.62 bits per heavy atom. The van der Waals surface area contributed by atoms with E-state index in [1.807, 2.05) is 54.6 Å². The molecule has 0 spiro atoms. The minimum Gasteiger partial charge on any atom is -0.356 e. The van der Waals surface area contributed by atoms with Crippen LogP contribution in [0.5, 0.6) is 0 Å². The lowest BCUT2D eigenvalue weighted by molar-refractivity contribution is -0.125. The lowest BCUT2D eigenvalue weighted by Gasteiger charge is -2.06. The summed E-state index contributed by atoms with van der Waals surface area (Å²) in [5.41, 5.74) is 1.88. The van der Waals surface area contributed by atoms with E-state index in [0.29, 0.717) is 18.0 Å². The van der Waals surface area contributed by atoms with E-state index in [9.17, 15) is 9.59 Å². The number of benzene rings is 2. The predicted octanol–water partition coefficient (Wildman–Crippen LogP) is 3.27. The Kier molecular flexibility index (Phi) is 5.16. The lowest BCUT2D eigenvalue weighted by Crippen LogP contribution is -2.29. The third kappa shape index (κ3) is 4.36. The van der Waals surface area contributed by atoms with Gasteiger partial charge in [-0.25, -0.2) is 0 Å². The largest absolute Gasteiger partial charge is 0.356 e. The standard InChI is InChI=1S/C19H19ClN2O2/c20-14-8-6-13(7-9-14)10-11-21-18(23)16-12-17(16)19(24)22-15-4-2-1-3-5-15/h1-9,16-17H,10-12H2,(H,21,23)(H,22,24). The average Bonchev–Trinajstić information content (AvgIpc) is 3.38. The van der Waals surface area contributed by atoms with Gasteiger partial charge in [-0.3, -0.25) is 9.59 Å². The molecule has 1 aliphatic rings. The molecule has 1 fully saturated rings. The van der Waals surface area contributed by atoms with Crippen molar-refractivity contribution in [2.45, 2.75) is 12.8 Å². The van der Waals surface area contributed by atoms with Crippen LogP contribution in [-0.4, -0.2) is 18.4 Å². The molecule has 2 atom stereocenters. The molecule has 2 N–H and O–H groups in total. The number of carbonyl (C=O) groups is 2. The zero-order valence-electron chi connectivity index (χ0n) is 13.2. The Labute approximate surface area is 146 Å². The fraction of sp³-hybridized carbons (Fsp3) is 0.263. The molecule has 0 aromatic heterocycles. The molecule has 1 aliphatic carbocycles. The third-order valence-electron chi connectivity index (χ3n) is 4.13. The van der Waals surface area contributed by atoms with Gasteiger partial charge in [-0.05, 0) is 42.7 Å². The molecule has 2 unspecified atom stereocenters. The van der Waals surface area contributed by atoms with Gasteiger partial charge in [-0.1, -0.05) is 41.9 Å². The zero-order chi connectivity index (χ0) is 16.9. The molecule has 124 valence electrons. The predicted molar refractivity (Wildman–Crippen MR) is 94.8 cm³/mol. The number of hydrogen-bond acceptors (Lipinski definition) is 2. The van der Waals surface area contributed by atoms with Crippen LogP contribution in [-0.2, 0) is 16.0 Å². The number of halogens is 1. The SMILES string of the molecule is O=C(NCCc1ccc(Cl)cc1)C1CC1C(=O)Nc1ccccc1. The van der Waals surface area contributed by atoms with Gasteiger partial charge < -0.3 is 10.6 Å². The topological polar surface area (TPSA) is 58.2 Å². The van der Waals surface area contributed by atoms with Crippen LogP contribution in [0.1, 0.15) is 12.0 Å². The highest BCUT2D eigenvalue weighted by molar-refractivity contribution is 6.30. The van der Waals surface area contributed by atoms with Gasteiger partial charge in [0.2, 0.25) is 11.8 Å². The minimum absolute atomic E-state index is 0.0443. The van der Waals surface area contributed by atoms with Crippen LogP contribution < -0.4 is 10.6 Å². The molecule has 5 heteroatoms. The van der Waals surface area contributed by atoms with Crippen molar-refractivity contribution in [1.82, 2.24) is 5.32 Å². The summed E-state index contributed by atoms with van der Waals surface area (Å²) < 4.78 is 0. The second-order valence-electron chi connectivity index (χ2n) is 5.97. The number of carbonyl (C=O) groups excluding carboxylic acids is 2. The zero-order valence-corrected chi connectivity index (χ0v) is 13.9. The fourth-order valence-corrected chi connectivity index (χ4v) is 2.77. The number of rotatable bonds is 6. The number of hydrogen-bond donors (Lipinski definition) is 2. The van der Waals surface area contributed by atoms with Crippen molar-refractivity contribution in [1.29, 1.82) is 0 Å². The van der Waals surface area contributed by atoms with Gasteiger partial charge in [-0.2, -0.15) is 0 Å². The van der Waals surface area contributed by atoms with Crippen molar-refractivity contribution < 1.29 is 9.59 Å². The van der Waals surface area contributed by atoms with E-state index in [4.69, 9.17) is 11.6 Å². The van der Waals surface area contributed by atoms with Crippen molar-refractivity contribution in [3.05, 3.63) is 65.2 Å². The third-order valence-corrected chi connectivity index (χ3v) is 4.38. The van der Waals surface area contributed by atoms with Crippen LogP contribution in [0.3, 0.4) is 0 Å². The molecule has 2 aromatic carbocycles. The van der Waals surface area contributed by atoms with Crippen LogP contribution in [0.25, 0.3) is 0 Å². The average molecular weight is 343 g/mol. The molecule has 0 bridgehead atoms. The summed E-state index contributed by atoms with van der Waals surface area (Å²) in [6.07, 6.45) is 1.36. The second-order valence-corrected chi connectivity index (χ2v) is 6.41. The first kappa shape index (κ1) is 16.5. The summed E-state index contributed by atoms with van der Waals surface area (Å²) in [4.78, 5) is 24.2. The van der Waals surface area contributed by atoms with Crippen LogP contribution in [0, 0.1) is 11.8 Å². The van der Waals surface area contributed by atoms with E-state index in [1.54, 1.807) is 0 Å². The summed E-state index contributed by atoms with van der Waals surface area (Å²) in [6, 6.07) is 16.9. The monoisotopic (exact) mass is 342 g/mol. The molecule has 0 saturated heterocycles. The second kappa shape index (κ2) is 7.49. The lowest BCUT2D eigenvalue weighted by atomic mass is 10.1. The fourth-order valence-electron chi connectivity index (χ4n) is 2.64. The molecule has 1 saturated carbocycles. The van der Waals surface area contributed by atoms with Gasteiger partial charge in [0, 0.05) is 17.3 Å². The van der Waals surface area contributed by atoms with Crippen molar-refractivity contribution >= 4 is 29.1 Å². The first-order valence-corrected chi connectivity index (χ1v) is 8.39. The first-order valence-electron chi connectivity index (χ1n) is 8.01. The summed E-state index contributed by atoms with van der Waals surface area (Å²) in [6.45, 7) is 0.560. The van der Waals surface area contributed by atoms with Crippen molar-refractivity contribution in [2.24, 2.45) is 11.8 Å². The Hall–Kier alpha value is -2.33. The number of anilines is 1. The summed E-state index contributed by atoms with van der Waals surface area (Å²) in [5.74, 6) is -0.559. The van der Waals surface area contributed by atoms with E-state index in [2.05, 4.69) is 10.6 Å². The molecular weight excluding hydrogens is 324 g/mol. The molecule has 0 heterocycles. The molecule has 2 amide bonds. The maximum Gasteiger partial charge on any atom is 0.228 e. The maximum absolute atomic E-state index is 12.1. The molecule has 0 radical (unpaired) electrons. The summed E-state index contributed by atoms with van der Waals surface area (Å²) in [7, 11) is 0. The Balaban J connectivity index is 1.41. The van der Waals surface area contributed by atoms with Crippen LogP contribution in [0.2, 0.25) is 5.02 Å². The summed E-state index contributed by atoms with van der Waals surface area (Å²) in [5, 5.41) is 6.45. The normalized spacial score (nSPS) is 18.7. The summed E-state index contributed by atoms with van der Waals surface area (Å²) >= 11 is 5.84.